The standard InChI is InChI=1S/C18H29N3/c1-14(2)10-19-11-17-9-18(7-8-20-17)21(12-15-3-4-15)13-16-5-6-16/h7-9,14-16,19H,3-6,10-13H2,1-2H3. The van der Waals surface area contributed by atoms with Gasteiger partial charge in [-0.15, -0.1) is 0 Å². The van der Waals surface area contributed by atoms with Gasteiger partial charge >= 0.3 is 0 Å². The Morgan fingerprint density at radius 2 is 1.86 bits per heavy atom. The van der Waals surface area contributed by atoms with Crippen LogP contribution < -0.4 is 10.2 Å². The van der Waals surface area contributed by atoms with Gasteiger partial charge in [0.2, 0.25) is 0 Å². The van der Waals surface area contributed by atoms with E-state index in [0.717, 1.165) is 24.9 Å². The molecule has 3 nitrogen and oxygen atoms in total. The highest BCUT2D eigenvalue weighted by Gasteiger charge is 2.29. The monoisotopic (exact) mass is 287 g/mol. The van der Waals surface area contributed by atoms with Crippen molar-refractivity contribution in [2.24, 2.45) is 17.8 Å². The number of anilines is 1. The summed E-state index contributed by atoms with van der Waals surface area (Å²) < 4.78 is 0. The maximum Gasteiger partial charge on any atom is 0.0562 e. The fraction of sp³-hybridized carbons (Fsp3) is 0.722. The number of nitrogens with zero attached hydrogens (tertiary/aromatic N) is 2. The fourth-order valence-corrected chi connectivity index (χ4v) is 2.76. The highest BCUT2D eigenvalue weighted by Crippen LogP contribution is 2.35. The van der Waals surface area contributed by atoms with Crippen LogP contribution in [0.5, 0.6) is 0 Å². The molecule has 2 fully saturated rings. The van der Waals surface area contributed by atoms with E-state index in [0.29, 0.717) is 5.92 Å². The molecule has 1 heterocycles. The number of aromatic nitrogens is 1. The normalized spacial score (nSPS) is 18.2. The van der Waals surface area contributed by atoms with Crippen LogP contribution in [0, 0.1) is 17.8 Å². The molecule has 0 aromatic carbocycles. The molecule has 0 amide bonds. The van der Waals surface area contributed by atoms with E-state index in [-0.39, 0.29) is 0 Å². The molecule has 1 aromatic rings. The lowest BCUT2D eigenvalue weighted by Crippen LogP contribution is -2.28. The topological polar surface area (TPSA) is 28.2 Å². The Kier molecular flexibility index (Phi) is 4.79. The lowest BCUT2D eigenvalue weighted by atomic mass is 10.2. The van der Waals surface area contributed by atoms with Gasteiger partial charge in [-0.05, 0) is 62.1 Å². The summed E-state index contributed by atoms with van der Waals surface area (Å²) in [6, 6.07) is 4.48. The average molecular weight is 287 g/mol. The Morgan fingerprint density at radius 3 is 2.43 bits per heavy atom. The molecule has 1 N–H and O–H groups in total. The van der Waals surface area contributed by atoms with Crippen molar-refractivity contribution in [2.45, 2.75) is 46.1 Å². The largest absolute Gasteiger partial charge is 0.371 e. The van der Waals surface area contributed by atoms with Gasteiger partial charge in [0.25, 0.3) is 0 Å². The van der Waals surface area contributed by atoms with Crippen LogP contribution >= 0.6 is 0 Å². The van der Waals surface area contributed by atoms with Gasteiger partial charge in [0.1, 0.15) is 0 Å². The maximum absolute atomic E-state index is 4.52. The van der Waals surface area contributed by atoms with Crippen molar-refractivity contribution < 1.29 is 0 Å². The minimum atomic E-state index is 0.689. The van der Waals surface area contributed by atoms with Crippen LogP contribution in [0.15, 0.2) is 18.3 Å². The molecular formula is C18H29N3. The van der Waals surface area contributed by atoms with Crippen molar-refractivity contribution in [1.82, 2.24) is 10.3 Å². The second-order valence-electron chi connectivity index (χ2n) is 7.32. The molecule has 21 heavy (non-hydrogen) atoms. The highest BCUT2D eigenvalue weighted by molar-refractivity contribution is 5.47. The first-order chi connectivity index (χ1) is 10.2. The van der Waals surface area contributed by atoms with Gasteiger partial charge in [-0.1, -0.05) is 13.8 Å². The fourth-order valence-electron chi connectivity index (χ4n) is 2.76. The van der Waals surface area contributed by atoms with E-state index in [1.54, 1.807) is 0 Å². The summed E-state index contributed by atoms with van der Waals surface area (Å²) in [7, 11) is 0. The van der Waals surface area contributed by atoms with Crippen molar-refractivity contribution in [3.63, 3.8) is 0 Å². The Bertz CT molecular complexity index is 436. The van der Waals surface area contributed by atoms with E-state index in [1.165, 1.54) is 50.2 Å². The maximum atomic E-state index is 4.52. The minimum absolute atomic E-state index is 0.689. The number of hydrogen-bond donors (Lipinski definition) is 1. The zero-order valence-electron chi connectivity index (χ0n) is 13.5. The van der Waals surface area contributed by atoms with Crippen LogP contribution in [0.4, 0.5) is 5.69 Å². The molecule has 1 aromatic heterocycles. The molecule has 0 radical (unpaired) electrons. The zero-order valence-corrected chi connectivity index (χ0v) is 13.5. The quantitative estimate of drug-likeness (QED) is 0.754. The summed E-state index contributed by atoms with van der Waals surface area (Å²) in [6.45, 7) is 8.92. The van der Waals surface area contributed by atoms with E-state index in [4.69, 9.17) is 0 Å². The number of hydrogen-bond acceptors (Lipinski definition) is 3. The van der Waals surface area contributed by atoms with Crippen LogP contribution in [0.2, 0.25) is 0 Å². The molecule has 2 aliphatic rings. The third kappa shape index (κ3) is 4.99. The van der Waals surface area contributed by atoms with Crippen LogP contribution in [-0.4, -0.2) is 24.6 Å². The summed E-state index contributed by atoms with van der Waals surface area (Å²) in [5.41, 5.74) is 2.55. The molecule has 0 bridgehead atoms. The molecule has 0 atom stereocenters. The Labute approximate surface area is 129 Å². The molecule has 0 aliphatic heterocycles. The zero-order chi connectivity index (χ0) is 14.7. The van der Waals surface area contributed by atoms with Crippen molar-refractivity contribution in [1.29, 1.82) is 0 Å². The van der Waals surface area contributed by atoms with Gasteiger partial charge in [0, 0.05) is 31.5 Å². The highest BCUT2D eigenvalue weighted by atomic mass is 15.1. The molecule has 3 rings (SSSR count). The first kappa shape index (κ1) is 14.8. The van der Waals surface area contributed by atoms with Gasteiger partial charge in [-0.3, -0.25) is 4.98 Å². The van der Waals surface area contributed by atoms with Crippen molar-refractivity contribution in [2.75, 3.05) is 24.5 Å². The van der Waals surface area contributed by atoms with Crippen molar-refractivity contribution >= 4 is 5.69 Å². The SMILES string of the molecule is CC(C)CNCc1cc(N(CC2CC2)CC2CC2)ccn1. The molecule has 3 heteroatoms. The van der Waals surface area contributed by atoms with Crippen LogP contribution in [-0.2, 0) is 6.54 Å². The molecular weight excluding hydrogens is 258 g/mol. The van der Waals surface area contributed by atoms with Crippen molar-refractivity contribution in [3.05, 3.63) is 24.0 Å². The van der Waals surface area contributed by atoms with Gasteiger partial charge in [-0.25, -0.2) is 0 Å². The lowest BCUT2D eigenvalue weighted by Gasteiger charge is -2.25. The third-order valence-corrected chi connectivity index (χ3v) is 4.38. The first-order valence-electron chi connectivity index (χ1n) is 8.61. The minimum Gasteiger partial charge on any atom is -0.371 e. The predicted octanol–water partition coefficient (Wildman–Crippen LogP) is 3.45. The summed E-state index contributed by atoms with van der Waals surface area (Å²) in [5, 5.41) is 3.49. The number of rotatable bonds is 9. The van der Waals surface area contributed by atoms with Crippen molar-refractivity contribution in [3.8, 4) is 0 Å². The molecule has 0 saturated heterocycles. The molecule has 2 aliphatic carbocycles. The summed E-state index contributed by atoms with van der Waals surface area (Å²) in [5.74, 6) is 2.58. The number of nitrogens with one attached hydrogen (secondary N) is 1. The van der Waals surface area contributed by atoms with Crippen LogP contribution in [0.1, 0.15) is 45.2 Å². The van der Waals surface area contributed by atoms with Crippen LogP contribution in [0.25, 0.3) is 0 Å². The molecule has 2 saturated carbocycles. The second kappa shape index (κ2) is 6.78. The summed E-state index contributed by atoms with van der Waals surface area (Å²) in [6.07, 6.45) is 7.68. The van der Waals surface area contributed by atoms with Gasteiger partial charge in [-0.2, -0.15) is 0 Å². The Morgan fingerprint density at radius 1 is 1.19 bits per heavy atom. The Balaban J connectivity index is 1.60. The smallest absolute Gasteiger partial charge is 0.0562 e. The lowest BCUT2D eigenvalue weighted by molar-refractivity contribution is 0.548. The molecule has 0 spiro atoms. The van der Waals surface area contributed by atoms with E-state index in [9.17, 15) is 0 Å². The average Bonchev–Trinajstić information content (AvgIpc) is 3.33. The van der Waals surface area contributed by atoms with E-state index >= 15 is 0 Å². The third-order valence-electron chi connectivity index (χ3n) is 4.38. The first-order valence-corrected chi connectivity index (χ1v) is 8.61. The number of pyridine rings is 1. The van der Waals surface area contributed by atoms with Gasteiger partial charge in [0.05, 0.1) is 5.69 Å². The summed E-state index contributed by atoms with van der Waals surface area (Å²) >= 11 is 0. The second-order valence-corrected chi connectivity index (χ2v) is 7.32. The van der Waals surface area contributed by atoms with Gasteiger partial charge in [0.15, 0.2) is 0 Å². The van der Waals surface area contributed by atoms with E-state index in [1.807, 2.05) is 6.20 Å². The van der Waals surface area contributed by atoms with E-state index < -0.39 is 0 Å². The molecule has 116 valence electrons. The predicted molar refractivity (Wildman–Crippen MR) is 88.4 cm³/mol. The Hall–Kier alpha value is -1.09. The molecule has 0 unspecified atom stereocenters. The van der Waals surface area contributed by atoms with Crippen LogP contribution in [0.3, 0.4) is 0 Å². The van der Waals surface area contributed by atoms with E-state index in [2.05, 4.69) is 41.2 Å². The van der Waals surface area contributed by atoms with Gasteiger partial charge < -0.3 is 10.2 Å². The summed E-state index contributed by atoms with van der Waals surface area (Å²) in [4.78, 5) is 7.13.